The summed E-state index contributed by atoms with van der Waals surface area (Å²) in [6.07, 6.45) is 0.251. The van der Waals surface area contributed by atoms with Gasteiger partial charge in [-0.3, -0.25) is 9.59 Å². The van der Waals surface area contributed by atoms with Crippen LogP contribution in [0.4, 0.5) is 21.0 Å². The molecule has 0 aliphatic rings. The third kappa shape index (κ3) is 11.0. The molecule has 1 unspecified atom stereocenters. The molecule has 4 aromatic carbocycles. The number of ether oxygens (including phenoxy) is 2. The van der Waals surface area contributed by atoms with Crippen LogP contribution in [0.15, 0.2) is 120 Å². The lowest BCUT2D eigenvalue weighted by Gasteiger charge is -2.21. The first-order chi connectivity index (χ1) is 25.5. The Hall–Kier alpha value is -6.43. The molecule has 4 N–H and O–H groups in total. The monoisotopic (exact) mass is 717 g/mol. The van der Waals surface area contributed by atoms with E-state index in [1.54, 1.807) is 54.7 Å². The Balaban J connectivity index is 1.13. The fourth-order valence-electron chi connectivity index (χ4n) is 5.25. The summed E-state index contributed by atoms with van der Waals surface area (Å²) in [4.78, 5) is 55.4. The molecule has 0 radical (unpaired) electrons. The Morgan fingerprint density at radius 1 is 0.585 bits per heavy atom. The van der Waals surface area contributed by atoms with Crippen LogP contribution in [0, 0.1) is 11.8 Å². The van der Waals surface area contributed by atoms with E-state index < -0.39 is 24.3 Å². The fourth-order valence-corrected chi connectivity index (χ4v) is 5.25. The van der Waals surface area contributed by atoms with Crippen molar-refractivity contribution in [2.75, 3.05) is 10.6 Å². The number of nitrogens with zero attached hydrogens (tertiary/aromatic N) is 1. The summed E-state index contributed by atoms with van der Waals surface area (Å²) in [7, 11) is 0. The number of rotatable bonds is 14. The second-order valence-corrected chi connectivity index (χ2v) is 13.0. The van der Waals surface area contributed by atoms with E-state index in [2.05, 4.69) is 26.3 Å². The van der Waals surface area contributed by atoms with Crippen molar-refractivity contribution >= 4 is 35.4 Å². The quantitative estimate of drug-likeness (QED) is 0.0906. The summed E-state index contributed by atoms with van der Waals surface area (Å²) in [5, 5.41) is 11.0. The van der Waals surface area contributed by atoms with Crippen LogP contribution in [0.25, 0.3) is 22.8 Å². The second-order valence-electron chi connectivity index (χ2n) is 13.0. The van der Waals surface area contributed by atoms with Gasteiger partial charge in [-0.2, -0.15) is 0 Å². The molecule has 274 valence electrons. The molecule has 5 rings (SSSR count). The molecular weight excluding hydrogens is 674 g/mol. The molecular formula is C41H43N5O7. The van der Waals surface area contributed by atoms with Gasteiger partial charge in [0.25, 0.3) is 0 Å². The predicted molar refractivity (Wildman–Crippen MR) is 201 cm³/mol. The lowest BCUT2D eigenvalue weighted by Crippen LogP contribution is -2.47. The molecule has 0 saturated carbocycles. The smallest absolute Gasteiger partial charge is 0.408 e. The van der Waals surface area contributed by atoms with Crippen LogP contribution in [0.3, 0.4) is 0 Å². The standard InChI is InChI=1S/C41H43N5O7/c1-26(2)35(45-40(49)51-24-28-11-7-5-8-12-28)37(47)43-32-19-15-30(16-20-32)34-23-42-39(53-34)31-17-21-33(22-18-31)44-38(48)36(27(3)4)46-41(50)52-25-29-13-9-6-10-14-29/h5-23,26-27,35-36H,24-25H2,1-4H3,(H,43,47)(H,44,48)(H,45,49)(H,46,50)/t35-,36?/m0/s1. The van der Waals surface area contributed by atoms with Crippen LogP contribution in [-0.4, -0.2) is 41.1 Å². The Kier molecular flexibility index (Phi) is 13.0. The average Bonchev–Trinajstić information content (AvgIpc) is 3.66. The number of benzene rings is 4. The van der Waals surface area contributed by atoms with Gasteiger partial charge in [-0.15, -0.1) is 0 Å². The van der Waals surface area contributed by atoms with Gasteiger partial charge in [0.1, 0.15) is 25.3 Å². The number of alkyl carbamates (subject to hydrolysis) is 2. The maximum atomic E-state index is 13.1. The molecule has 5 aromatic rings. The van der Waals surface area contributed by atoms with Crippen molar-refractivity contribution in [3.8, 4) is 22.8 Å². The summed E-state index contributed by atoms with van der Waals surface area (Å²) in [5.41, 5.74) is 4.19. The van der Waals surface area contributed by atoms with Gasteiger partial charge in [-0.25, -0.2) is 14.6 Å². The topological polar surface area (TPSA) is 161 Å². The lowest BCUT2D eigenvalue weighted by molar-refractivity contribution is -0.119. The first-order valence-corrected chi connectivity index (χ1v) is 17.3. The first-order valence-electron chi connectivity index (χ1n) is 17.3. The van der Waals surface area contributed by atoms with Crippen molar-refractivity contribution in [3.63, 3.8) is 0 Å². The van der Waals surface area contributed by atoms with Crippen LogP contribution >= 0.6 is 0 Å². The van der Waals surface area contributed by atoms with Gasteiger partial charge in [0.2, 0.25) is 17.7 Å². The van der Waals surface area contributed by atoms with E-state index >= 15 is 0 Å². The van der Waals surface area contributed by atoms with Gasteiger partial charge >= 0.3 is 12.2 Å². The molecule has 0 fully saturated rings. The van der Waals surface area contributed by atoms with E-state index in [1.165, 1.54) is 0 Å². The number of hydrogen-bond donors (Lipinski definition) is 4. The number of anilines is 2. The van der Waals surface area contributed by atoms with Crippen LogP contribution < -0.4 is 21.3 Å². The zero-order valence-corrected chi connectivity index (χ0v) is 30.0. The number of oxazole rings is 1. The largest absolute Gasteiger partial charge is 0.445 e. The number of hydrogen-bond acceptors (Lipinski definition) is 8. The SMILES string of the molecule is CC(C)C(NC(=O)OCc1ccccc1)C(=O)Nc1ccc(-c2ncc(-c3ccc(NC(=O)[C@@H](NC(=O)OCc4ccccc4)C(C)C)cc3)o2)cc1. The maximum Gasteiger partial charge on any atom is 0.408 e. The summed E-state index contributed by atoms with van der Waals surface area (Å²) in [6, 6.07) is 31.0. The molecule has 53 heavy (non-hydrogen) atoms. The first kappa shape index (κ1) is 37.8. The minimum absolute atomic E-state index is 0.0976. The van der Waals surface area contributed by atoms with Gasteiger partial charge in [-0.05, 0) is 71.5 Å². The van der Waals surface area contributed by atoms with Crippen molar-refractivity contribution in [2.24, 2.45) is 11.8 Å². The minimum Gasteiger partial charge on any atom is -0.445 e. The summed E-state index contributed by atoms with van der Waals surface area (Å²) in [5.74, 6) is -0.231. The molecule has 12 heteroatoms. The van der Waals surface area contributed by atoms with E-state index in [0.717, 1.165) is 16.7 Å². The third-order valence-corrected chi connectivity index (χ3v) is 8.21. The van der Waals surface area contributed by atoms with Crippen molar-refractivity contribution < 1.29 is 33.1 Å². The maximum absolute atomic E-state index is 13.1. The molecule has 0 aliphatic heterocycles. The fraction of sp³-hybridized carbons (Fsp3) is 0.244. The molecule has 4 amide bonds. The van der Waals surface area contributed by atoms with E-state index in [0.29, 0.717) is 28.6 Å². The van der Waals surface area contributed by atoms with E-state index in [9.17, 15) is 19.2 Å². The van der Waals surface area contributed by atoms with Gasteiger partial charge in [0, 0.05) is 22.5 Å². The molecule has 1 aromatic heterocycles. The van der Waals surface area contributed by atoms with Gasteiger partial charge in [0.05, 0.1) is 6.20 Å². The van der Waals surface area contributed by atoms with E-state index in [-0.39, 0.29) is 36.9 Å². The Bertz CT molecular complexity index is 1820. The highest BCUT2D eigenvalue weighted by Gasteiger charge is 2.26. The Labute approximate surface area is 308 Å². The number of carbonyl (C=O) groups is 4. The zero-order valence-electron chi connectivity index (χ0n) is 30.0. The number of carbonyl (C=O) groups excluding carboxylic acids is 4. The van der Waals surface area contributed by atoms with Crippen LogP contribution in [0.5, 0.6) is 0 Å². The molecule has 12 nitrogen and oxygen atoms in total. The normalized spacial score (nSPS) is 12.0. The highest BCUT2D eigenvalue weighted by Crippen LogP contribution is 2.28. The third-order valence-electron chi connectivity index (χ3n) is 8.21. The molecule has 1 heterocycles. The summed E-state index contributed by atoms with van der Waals surface area (Å²) >= 11 is 0. The van der Waals surface area contributed by atoms with Crippen LogP contribution in [-0.2, 0) is 32.3 Å². The van der Waals surface area contributed by atoms with Gasteiger partial charge in [0.15, 0.2) is 5.76 Å². The highest BCUT2D eigenvalue weighted by molar-refractivity contribution is 5.97. The number of aromatic nitrogens is 1. The second kappa shape index (κ2) is 18.2. The van der Waals surface area contributed by atoms with E-state index in [1.807, 2.05) is 88.4 Å². The number of nitrogens with one attached hydrogen (secondary N) is 4. The van der Waals surface area contributed by atoms with Crippen molar-refractivity contribution in [2.45, 2.75) is 53.0 Å². The van der Waals surface area contributed by atoms with Crippen molar-refractivity contribution in [3.05, 3.63) is 127 Å². The highest BCUT2D eigenvalue weighted by atomic mass is 16.6. The Morgan fingerprint density at radius 2 is 1.00 bits per heavy atom. The average molecular weight is 718 g/mol. The Morgan fingerprint density at radius 3 is 1.42 bits per heavy atom. The van der Waals surface area contributed by atoms with Crippen molar-refractivity contribution in [1.29, 1.82) is 0 Å². The molecule has 0 spiro atoms. The van der Waals surface area contributed by atoms with E-state index in [4.69, 9.17) is 13.9 Å². The minimum atomic E-state index is -0.811. The molecule has 2 atom stereocenters. The van der Waals surface area contributed by atoms with Gasteiger partial charge in [-0.1, -0.05) is 88.4 Å². The predicted octanol–water partition coefficient (Wildman–Crippen LogP) is 7.79. The molecule has 0 bridgehead atoms. The van der Waals surface area contributed by atoms with Crippen LogP contribution in [0.2, 0.25) is 0 Å². The molecule has 0 saturated heterocycles. The van der Waals surface area contributed by atoms with Gasteiger partial charge < -0.3 is 35.2 Å². The summed E-state index contributed by atoms with van der Waals surface area (Å²) < 4.78 is 16.6. The van der Waals surface area contributed by atoms with Crippen molar-refractivity contribution in [1.82, 2.24) is 15.6 Å². The summed E-state index contributed by atoms with van der Waals surface area (Å²) in [6.45, 7) is 7.55. The lowest BCUT2D eigenvalue weighted by atomic mass is 10.0. The molecule has 0 aliphatic carbocycles. The van der Waals surface area contributed by atoms with Crippen LogP contribution in [0.1, 0.15) is 38.8 Å². The number of amides is 4. The zero-order chi connectivity index (χ0) is 37.7.